The molecule has 1 aliphatic rings. The van der Waals surface area contributed by atoms with Crippen LogP contribution in [0, 0.1) is 12.8 Å². The molecule has 0 radical (unpaired) electrons. The Balaban J connectivity index is 1.98. The van der Waals surface area contributed by atoms with Crippen LogP contribution in [0.5, 0.6) is 0 Å². The fourth-order valence-electron chi connectivity index (χ4n) is 3.38. The second-order valence-electron chi connectivity index (χ2n) is 6.71. The zero-order valence-electron chi connectivity index (χ0n) is 13.6. The van der Waals surface area contributed by atoms with Crippen LogP contribution in [0.25, 0.3) is 0 Å². The molecule has 0 bridgehead atoms. The number of hydrogen-bond acceptors (Lipinski definition) is 4. The van der Waals surface area contributed by atoms with Crippen molar-refractivity contribution < 1.29 is 0 Å². The topological polar surface area (TPSA) is 28.2 Å². The maximum Gasteiger partial charge on any atom is 0.0898 e. The molecule has 4 heteroatoms. The van der Waals surface area contributed by atoms with Gasteiger partial charge >= 0.3 is 0 Å². The summed E-state index contributed by atoms with van der Waals surface area (Å²) in [5.74, 6) is 0.838. The van der Waals surface area contributed by atoms with E-state index in [0.717, 1.165) is 17.5 Å². The third-order valence-electron chi connectivity index (χ3n) is 4.83. The molecule has 0 saturated heterocycles. The Labute approximate surface area is 127 Å². The number of hydrogen-bond donors (Lipinski definition) is 1. The predicted molar refractivity (Wildman–Crippen MR) is 87.3 cm³/mol. The van der Waals surface area contributed by atoms with Crippen LogP contribution >= 0.6 is 11.3 Å². The lowest BCUT2D eigenvalue weighted by Gasteiger charge is -2.46. The molecular weight excluding hydrogens is 266 g/mol. The molecule has 3 unspecified atom stereocenters. The van der Waals surface area contributed by atoms with Crippen molar-refractivity contribution in [3.05, 3.63) is 16.1 Å². The lowest BCUT2D eigenvalue weighted by Crippen LogP contribution is -2.54. The number of aryl methyl sites for hydroxylation is 1. The third-order valence-corrected chi connectivity index (χ3v) is 5.63. The largest absolute Gasteiger partial charge is 0.307 e. The van der Waals surface area contributed by atoms with Crippen molar-refractivity contribution in [1.82, 2.24) is 15.2 Å². The summed E-state index contributed by atoms with van der Waals surface area (Å²) in [4.78, 5) is 7.04. The number of nitrogens with zero attached hydrogens (tertiary/aromatic N) is 2. The minimum Gasteiger partial charge on any atom is -0.307 e. The molecule has 0 aromatic carbocycles. The first-order valence-electron chi connectivity index (χ1n) is 7.76. The number of aromatic nitrogens is 1. The second-order valence-corrected chi connectivity index (χ2v) is 7.78. The van der Waals surface area contributed by atoms with Crippen LogP contribution in [0.15, 0.2) is 5.38 Å². The van der Waals surface area contributed by atoms with Crippen LogP contribution in [0.1, 0.15) is 56.3 Å². The first-order valence-corrected chi connectivity index (χ1v) is 8.64. The van der Waals surface area contributed by atoms with E-state index >= 15 is 0 Å². The summed E-state index contributed by atoms with van der Waals surface area (Å²) in [6.45, 7) is 7.75. The molecule has 1 aromatic heterocycles. The smallest absolute Gasteiger partial charge is 0.0898 e. The van der Waals surface area contributed by atoms with Crippen LogP contribution < -0.4 is 5.32 Å². The number of nitrogens with one attached hydrogen (secondary N) is 1. The summed E-state index contributed by atoms with van der Waals surface area (Å²) in [5, 5.41) is 7.06. The van der Waals surface area contributed by atoms with E-state index in [4.69, 9.17) is 0 Å². The van der Waals surface area contributed by atoms with E-state index in [-0.39, 0.29) is 0 Å². The first kappa shape index (κ1) is 15.9. The van der Waals surface area contributed by atoms with Crippen molar-refractivity contribution in [2.45, 2.75) is 58.0 Å². The highest BCUT2D eigenvalue weighted by Crippen LogP contribution is 2.35. The summed E-state index contributed by atoms with van der Waals surface area (Å²) in [6, 6.07) is 0.342. The van der Waals surface area contributed by atoms with Gasteiger partial charge in [0.05, 0.1) is 10.7 Å². The Morgan fingerprint density at radius 3 is 2.85 bits per heavy atom. The van der Waals surface area contributed by atoms with E-state index in [1.54, 1.807) is 11.3 Å². The molecule has 0 aliphatic heterocycles. The Morgan fingerprint density at radius 1 is 1.55 bits per heavy atom. The monoisotopic (exact) mass is 295 g/mol. The minimum absolute atomic E-state index is 0.316. The summed E-state index contributed by atoms with van der Waals surface area (Å²) < 4.78 is 0. The van der Waals surface area contributed by atoms with Crippen molar-refractivity contribution >= 4 is 11.3 Å². The molecule has 1 heterocycles. The predicted octanol–water partition coefficient (Wildman–Crippen LogP) is 3.61. The molecule has 0 amide bonds. The van der Waals surface area contributed by atoms with Crippen LogP contribution in [-0.2, 0) is 0 Å². The van der Waals surface area contributed by atoms with E-state index in [0.29, 0.717) is 11.6 Å². The lowest BCUT2D eigenvalue weighted by atomic mass is 9.75. The second kappa shape index (κ2) is 6.54. The van der Waals surface area contributed by atoms with Crippen molar-refractivity contribution in [1.29, 1.82) is 0 Å². The highest BCUT2D eigenvalue weighted by molar-refractivity contribution is 7.09. The molecule has 1 aromatic rings. The molecule has 1 N–H and O–H groups in total. The fourth-order valence-corrected chi connectivity index (χ4v) is 4.09. The van der Waals surface area contributed by atoms with Gasteiger partial charge in [0, 0.05) is 23.5 Å². The Kier molecular flexibility index (Phi) is 5.21. The quantitative estimate of drug-likeness (QED) is 0.899. The number of rotatable bonds is 5. The van der Waals surface area contributed by atoms with Gasteiger partial charge in [-0.05, 0) is 46.7 Å². The molecule has 1 fully saturated rings. The van der Waals surface area contributed by atoms with Gasteiger partial charge in [0.25, 0.3) is 0 Å². The normalized spacial score (nSPS) is 28.8. The van der Waals surface area contributed by atoms with Gasteiger partial charge in [0.15, 0.2) is 0 Å². The molecule has 3 nitrogen and oxygen atoms in total. The zero-order valence-corrected chi connectivity index (χ0v) is 14.4. The zero-order chi connectivity index (χ0) is 14.8. The van der Waals surface area contributed by atoms with Gasteiger partial charge in [-0.3, -0.25) is 0 Å². The van der Waals surface area contributed by atoms with E-state index in [1.807, 2.05) is 0 Å². The average Bonchev–Trinajstić information content (AvgIpc) is 2.82. The molecule has 0 spiro atoms. The SMILES string of the molecule is Cc1nc(C(C)NCC2(N(C)C)CCCC(C)C2)cs1. The van der Waals surface area contributed by atoms with Crippen molar-refractivity contribution in [3.63, 3.8) is 0 Å². The van der Waals surface area contributed by atoms with Crippen LogP contribution in [0.2, 0.25) is 0 Å². The molecule has 114 valence electrons. The fraction of sp³-hybridized carbons (Fsp3) is 0.812. The summed E-state index contributed by atoms with van der Waals surface area (Å²) in [7, 11) is 4.47. The Bertz CT molecular complexity index is 429. The van der Waals surface area contributed by atoms with E-state index in [1.165, 1.54) is 31.4 Å². The first-order chi connectivity index (χ1) is 9.43. The van der Waals surface area contributed by atoms with E-state index < -0.39 is 0 Å². The van der Waals surface area contributed by atoms with Gasteiger partial charge in [-0.2, -0.15) is 0 Å². The molecule has 3 atom stereocenters. The third kappa shape index (κ3) is 3.60. The minimum atomic E-state index is 0.316. The standard InChI is InChI=1S/C16H29N3S/c1-12-7-6-8-16(9-12,19(4)5)11-17-13(2)15-10-20-14(3)18-15/h10,12-13,17H,6-9,11H2,1-5H3. The van der Waals surface area contributed by atoms with E-state index in [9.17, 15) is 0 Å². The van der Waals surface area contributed by atoms with Crippen LogP contribution in [-0.4, -0.2) is 36.1 Å². The van der Waals surface area contributed by atoms with E-state index in [2.05, 4.69) is 55.4 Å². The van der Waals surface area contributed by atoms with Gasteiger partial charge < -0.3 is 10.2 Å². The van der Waals surface area contributed by atoms with Gasteiger partial charge in [0.1, 0.15) is 0 Å². The Morgan fingerprint density at radius 2 is 2.30 bits per heavy atom. The molecule has 2 rings (SSSR count). The van der Waals surface area contributed by atoms with Gasteiger partial charge in [-0.15, -0.1) is 11.3 Å². The molecule has 1 saturated carbocycles. The number of thiazole rings is 1. The summed E-state index contributed by atoms with van der Waals surface area (Å²) in [6.07, 6.45) is 5.34. The summed E-state index contributed by atoms with van der Waals surface area (Å²) >= 11 is 1.74. The maximum absolute atomic E-state index is 4.60. The summed E-state index contributed by atoms with van der Waals surface area (Å²) in [5.41, 5.74) is 1.50. The average molecular weight is 295 g/mol. The van der Waals surface area contributed by atoms with Crippen LogP contribution in [0.4, 0.5) is 0 Å². The van der Waals surface area contributed by atoms with Crippen molar-refractivity contribution in [2.24, 2.45) is 5.92 Å². The lowest BCUT2D eigenvalue weighted by molar-refractivity contribution is 0.0727. The molecule has 20 heavy (non-hydrogen) atoms. The van der Waals surface area contributed by atoms with Crippen molar-refractivity contribution in [2.75, 3.05) is 20.6 Å². The van der Waals surface area contributed by atoms with Gasteiger partial charge in [-0.25, -0.2) is 4.98 Å². The molecule has 1 aliphatic carbocycles. The van der Waals surface area contributed by atoms with Crippen LogP contribution in [0.3, 0.4) is 0 Å². The van der Waals surface area contributed by atoms with Crippen molar-refractivity contribution in [3.8, 4) is 0 Å². The highest BCUT2D eigenvalue weighted by atomic mass is 32.1. The maximum atomic E-state index is 4.60. The Hall–Kier alpha value is -0.450. The van der Waals surface area contributed by atoms with Gasteiger partial charge in [-0.1, -0.05) is 19.8 Å². The number of likely N-dealkylation sites (N-methyl/N-ethyl adjacent to an activating group) is 1. The molecular formula is C16H29N3S. The van der Waals surface area contributed by atoms with Gasteiger partial charge in [0.2, 0.25) is 0 Å². The highest BCUT2D eigenvalue weighted by Gasteiger charge is 2.36.